The van der Waals surface area contributed by atoms with Crippen LogP contribution in [0.5, 0.6) is 17.2 Å². The number of piperidine rings is 2. The summed E-state index contributed by atoms with van der Waals surface area (Å²) in [6.07, 6.45) is 11.7. The first-order valence-corrected chi connectivity index (χ1v) is 20.0. The van der Waals surface area contributed by atoms with Gasteiger partial charge in [0.1, 0.15) is 36.5 Å². The van der Waals surface area contributed by atoms with Crippen LogP contribution in [0, 0.1) is 30.6 Å². The minimum atomic E-state index is 0.286. The summed E-state index contributed by atoms with van der Waals surface area (Å²) < 4.78 is 25.0. The van der Waals surface area contributed by atoms with E-state index in [2.05, 4.69) is 71.1 Å². The maximum atomic E-state index is 9.35. The van der Waals surface area contributed by atoms with Crippen molar-refractivity contribution < 1.29 is 18.9 Å². The normalized spacial score (nSPS) is 19.1. The largest absolute Gasteiger partial charge is 0.493 e. The van der Waals surface area contributed by atoms with Crippen molar-refractivity contribution in [1.82, 2.24) is 14.8 Å². The molecule has 3 aliphatic rings. The van der Waals surface area contributed by atoms with Crippen LogP contribution < -0.4 is 14.2 Å². The number of rotatable bonds is 14. The van der Waals surface area contributed by atoms with E-state index in [-0.39, 0.29) is 6.61 Å². The first kappa shape index (κ1) is 38.2. The molecule has 8 nitrogen and oxygen atoms in total. The van der Waals surface area contributed by atoms with E-state index in [9.17, 15) is 5.26 Å². The molecule has 0 bridgehead atoms. The zero-order valence-corrected chi connectivity index (χ0v) is 32.6. The lowest BCUT2D eigenvalue weighted by Crippen LogP contribution is -2.44. The fourth-order valence-corrected chi connectivity index (χ4v) is 8.62. The molecule has 1 aromatic heterocycles. The molecule has 54 heavy (non-hydrogen) atoms. The Bertz CT molecular complexity index is 1930. The summed E-state index contributed by atoms with van der Waals surface area (Å²) in [6, 6.07) is 20.6. The lowest BCUT2D eigenvalue weighted by molar-refractivity contribution is 0.0657. The van der Waals surface area contributed by atoms with E-state index < -0.39 is 0 Å². The van der Waals surface area contributed by atoms with E-state index >= 15 is 0 Å². The number of hydrogen-bond donors (Lipinski definition) is 0. The predicted octanol–water partition coefficient (Wildman–Crippen LogP) is 9.31. The van der Waals surface area contributed by atoms with Gasteiger partial charge in [-0.05, 0) is 118 Å². The minimum Gasteiger partial charge on any atom is -0.493 e. The maximum absolute atomic E-state index is 9.35. The zero-order chi connectivity index (χ0) is 37.3. The molecule has 1 atom stereocenters. The summed E-state index contributed by atoms with van der Waals surface area (Å²) in [7, 11) is 0. The minimum absolute atomic E-state index is 0.286. The van der Waals surface area contributed by atoms with E-state index in [0.29, 0.717) is 35.0 Å². The van der Waals surface area contributed by atoms with Crippen molar-refractivity contribution in [1.29, 1.82) is 5.26 Å². The summed E-state index contributed by atoms with van der Waals surface area (Å²) in [4.78, 5) is 9.27. The SMILES string of the molecule is Cc1c(COc2cc(OCc3cncc(C#N)c3)c(CN3CCCCC3)cc2Cl)cccc1-c1cccc(OCCCN2CCCC3(CCOC3)C2)c1C. The monoisotopic (exact) mass is 748 g/mol. The quantitative estimate of drug-likeness (QED) is 0.118. The second-order valence-corrected chi connectivity index (χ2v) is 15.8. The van der Waals surface area contributed by atoms with Crippen molar-refractivity contribution in [3.8, 4) is 34.4 Å². The molecule has 0 saturated carbocycles. The van der Waals surface area contributed by atoms with Crippen LogP contribution in [0.25, 0.3) is 11.1 Å². The second-order valence-electron chi connectivity index (χ2n) is 15.4. The van der Waals surface area contributed by atoms with Crippen LogP contribution >= 0.6 is 11.6 Å². The van der Waals surface area contributed by atoms with Crippen LogP contribution in [-0.4, -0.2) is 67.3 Å². The molecule has 0 amide bonds. The van der Waals surface area contributed by atoms with Gasteiger partial charge in [0, 0.05) is 61.2 Å². The number of likely N-dealkylation sites (tertiary alicyclic amines) is 2. The topological polar surface area (TPSA) is 80.1 Å². The first-order valence-electron chi connectivity index (χ1n) is 19.7. The van der Waals surface area contributed by atoms with Crippen molar-refractivity contribution in [2.45, 2.75) is 78.6 Å². The average molecular weight is 749 g/mol. The maximum Gasteiger partial charge on any atom is 0.142 e. The van der Waals surface area contributed by atoms with Gasteiger partial charge >= 0.3 is 0 Å². The summed E-state index contributed by atoms with van der Waals surface area (Å²) in [6.45, 7) is 13.8. The lowest BCUT2D eigenvalue weighted by atomic mass is 9.79. The Balaban J connectivity index is 1.02. The number of nitrogens with zero attached hydrogens (tertiary/aromatic N) is 4. The second kappa shape index (κ2) is 18.0. The van der Waals surface area contributed by atoms with Gasteiger partial charge in [-0.1, -0.05) is 48.4 Å². The van der Waals surface area contributed by atoms with Crippen molar-refractivity contribution in [2.75, 3.05) is 52.5 Å². The molecule has 3 aliphatic heterocycles. The molecule has 9 heteroatoms. The number of pyridine rings is 1. The number of benzene rings is 3. The highest BCUT2D eigenvalue weighted by atomic mass is 35.5. The molecule has 1 spiro atoms. The van der Waals surface area contributed by atoms with Crippen molar-refractivity contribution in [3.63, 3.8) is 0 Å². The summed E-state index contributed by atoms with van der Waals surface area (Å²) in [5, 5.41) is 9.91. The van der Waals surface area contributed by atoms with E-state index in [4.69, 9.17) is 30.5 Å². The number of ether oxygens (including phenoxy) is 4. The fourth-order valence-electron chi connectivity index (χ4n) is 8.38. The smallest absolute Gasteiger partial charge is 0.142 e. The number of hydrogen-bond acceptors (Lipinski definition) is 8. The fraction of sp³-hybridized carbons (Fsp3) is 0.467. The Morgan fingerprint density at radius 1 is 0.815 bits per heavy atom. The first-order chi connectivity index (χ1) is 26.4. The van der Waals surface area contributed by atoms with Crippen LogP contribution in [0.4, 0.5) is 0 Å². The molecule has 4 aromatic rings. The van der Waals surface area contributed by atoms with E-state index in [1.165, 1.54) is 45.1 Å². The van der Waals surface area contributed by atoms with Crippen molar-refractivity contribution in [3.05, 3.63) is 105 Å². The van der Waals surface area contributed by atoms with Gasteiger partial charge < -0.3 is 23.8 Å². The van der Waals surface area contributed by atoms with Crippen LogP contribution in [0.3, 0.4) is 0 Å². The third kappa shape index (κ3) is 9.38. The Kier molecular flexibility index (Phi) is 12.7. The molecule has 3 aromatic carbocycles. The molecule has 4 heterocycles. The Hall–Kier alpha value is -4.13. The standard InChI is InChI=1S/C45H53ClN4O4/c1-33-37(10-6-11-39(33)40-12-7-13-42(34(40)2)52-20-9-19-50-18-8-14-45(31-50)15-21-51-32-45)30-54-44-24-43(53-29-36-22-35(25-47)26-48-27-36)38(23-41(44)46)28-49-16-4-3-5-17-49/h6-7,10-13,22-24,26-27H,3-5,8-9,14-21,28-32H2,1-2H3. The van der Waals surface area contributed by atoms with Gasteiger partial charge in [0.2, 0.25) is 0 Å². The molecule has 0 N–H and O–H groups in total. The van der Waals surface area contributed by atoms with E-state index in [0.717, 1.165) is 103 Å². The number of halogens is 1. The molecule has 7 rings (SSSR count). The third-order valence-electron chi connectivity index (χ3n) is 11.5. The molecule has 284 valence electrons. The molecule has 3 saturated heterocycles. The zero-order valence-electron chi connectivity index (χ0n) is 31.9. The third-order valence-corrected chi connectivity index (χ3v) is 11.8. The summed E-state index contributed by atoms with van der Waals surface area (Å²) >= 11 is 6.90. The molecular formula is C45H53ClN4O4. The molecular weight excluding hydrogens is 696 g/mol. The average Bonchev–Trinajstić information content (AvgIpc) is 3.64. The Morgan fingerprint density at radius 2 is 1.61 bits per heavy atom. The van der Waals surface area contributed by atoms with Crippen LogP contribution in [0.2, 0.25) is 5.02 Å². The van der Waals surface area contributed by atoms with Gasteiger partial charge in [0.05, 0.1) is 23.8 Å². The lowest BCUT2D eigenvalue weighted by Gasteiger charge is -2.39. The van der Waals surface area contributed by atoms with E-state index in [1.54, 1.807) is 18.5 Å². The molecule has 3 fully saturated rings. The molecule has 1 unspecified atom stereocenters. The summed E-state index contributed by atoms with van der Waals surface area (Å²) in [5.74, 6) is 2.24. The highest BCUT2D eigenvalue weighted by molar-refractivity contribution is 6.32. The van der Waals surface area contributed by atoms with Crippen molar-refractivity contribution in [2.24, 2.45) is 5.41 Å². The van der Waals surface area contributed by atoms with Gasteiger partial charge in [-0.3, -0.25) is 9.88 Å². The highest BCUT2D eigenvalue weighted by Gasteiger charge is 2.38. The van der Waals surface area contributed by atoms with Gasteiger partial charge in [0.25, 0.3) is 0 Å². The Morgan fingerprint density at radius 3 is 2.43 bits per heavy atom. The van der Waals surface area contributed by atoms with Crippen LogP contribution in [0.1, 0.15) is 78.3 Å². The molecule has 0 radical (unpaired) electrons. The summed E-state index contributed by atoms with van der Waals surface area (Å²) in [5.41, 5.74) is 8.46. The number of aromatic nitrogens is 1. The molecule has 0 aliphatic carbocycles. The predicted molar refractivity (Wildman–Crippen MR) is 213 cm³/mol. The van der Waals surface area contributed by atoms with Gasteiger partial charge in [-0.25, -0.2) is 0 Å². The van der Waals surface area contributed by atoms with E-state index in [1.807, 2.05) is 12.1 Å². The van der Waals surface area contributed by atoms with Gasteiger partial charge in [-0.2, -0.15) is 5.26 Å². The number of nitriles is 1. The Labute approximate surface area is 326 Å². The van der Waals surface area contributed by atoms with Gasteiger partial charge in [-0.15, -0.1) is 0 Å². The highest BCUT2D eigenvalue weighted by Crippen LogP contribution is 2.39. The van der Waals surface area contributed by atoms with Crippen molar-refractivity contribution >= 4 is 11.6 Å². The van der Waals surface area contributed by atoms with Gasteiger partial charge in [0.15, 0.2) is 0 Å². The van der Waals surface area contributed by atoms with Crippen LogP contribution in [-0.2, 0) is 24.5 Å². The van der Waals surface area contributed by atoms with Crippen LogP contribution in [0.15, 0.2) is 67.0 Å².